The summed E-state index contributed by atoms with van der Waals surface area (Å²) in [5.74, 6) is -0.597. The van der Waals surface area contributed by atoms with Crippen LogP contribution < -0.4 is 11.1 Å². The van der Waals surface area contributed by atoms with Gasteiger partial charge in [-0.05, 0) is 50.9 Å². The molecule has 4 heteroatoms. The Bertz CT molecular complexity index is 393. The Morgan fingerprint density at radius 1 is 1.53 bits per heavy atom. The molecular formula is C13H19FN2O. The van der Waals surface area contributed by atoms with E-state index in [0.29, 0.717) is 17.7 Å². The number of nitrogens with one attached hydrogen (secondary N) is 1. The monoisotopic (exact) mass is 238 g/mol. The molecular weight excluding hydrogens is 219 g/mol. The quantitative estimate of drug-likeness (QED) is 0.824. The highest BCUT2D eigenvalue weighted by Crippen LogP contribution is 2.09. The van der Waals surface area contributed by atoms with Crippen LogP contribution in [0.2, 0.25) is 0 Å². The summed E-state index contributed by atoms with van der Waals surface area (Å²) in [6, 6.07) is 4.55. The fourth-order valence-electron chi connectivity index (χ4n) is 1.54. The SMILES string of the molecule is Cc1ccc(C(=O)NC(C)CCCN)cc1F. The van der Waals surface area contributed by atoms with Crippen molar-refractivity contribution in [3.63, 3.8) is 0 Å². The van der Waals surface area contributed by atoms with E-state index in [1.807, 2.05) is 6.92 Å². The first-order valence-electron chi connectivity index (χ1n) is 5.81. The highest BCUT2D eigenvalue weighted by molar-refractivity contribution is 5.94. The minimum atomic E-state index is -0.354. The first kappa shape index (κ1) is 13.6. The molecule has 1 atom stereocenters. The largest absolute Gasteiger partial charge is 0.350 e. The van der Waals surface area contributed by atoms with Gasteiger partial charge < -0.3 is 11.1 Å². The molecule has 17 heavy (non-hydrogen) atoms. The zero-order valence-electron chi connectivity index (χ0n) is 10.3. The minimum absolute atomic E-state index is 0.0513. The second kappa shape index (κ2) is 6.35. The van der Waals surface area contributed by atoms with Crippen molar-refractivity contribution < 1.29 is 9.18 Å². The fourth-order valence-corrected chi connectivity index (χ4v) is 1.54. The molecule has 1 aromatic carbocycles. The molecule has 0 saturated carbocycles. The van der Waals surface area contributed by atoms with Gasteiger partial charge in [-0.15, -0.1) is 0 Å². The molecule has 0 saturated heterocycles. The molecule has 1 aromatic rings. The smallest absolute Gasteiger partial charge is 0.251 e. The number of benzene rings is 1. The Kier molecular flexibility index (Phi) is 5.10. The number of hydrogen-bond donors (Lipinski definition) is 2. The number of nitrogens with two attached hydrogens (primary N) is 1. The Hall–Kier alpha value is -1.42. The Labute approximate surface area is 101 Å². The van der Waals surface area contributed by atoms with Crippen LogP contribution in [0.3, 0.4) is 0 Å². The van der Waals surface area contributed by atoms with Crippen LogP contribution in [0, 0.1) is 12.7 Å². The number of aryl methyl sites for hydroxylation is 1. The zero-order valence-corrected chi connectivity index (χ0v) is 10.3. The van der Waals surface area contributed by atoms with Crippen molar-refractivity contribution in [1.82, 2.24) is 5.32 Å². The number of hydrogen-bond acceptors (Lipinski definition) is 2. The van der Waals surface area contributed by atoms with Crippen molar-refractivity contribution in [3.05, 3.63) is 35.1 Å². The average molecular weight is 238 g/mol. The standard InChI is InChI=1S/C13H19FN2O/c1-9-5-6-11(8-12(9)14)13(17)16-10(2)4-3-7-15/h5-6,8,10H,3-4,7,15H2,1-2H3,(H,16,17). The molecule has 0 radical (unpaired) electrons. The molecule has 0 aliphatic rings. The second-order valence-electron chi connectivity index (χ2n) is 4.27. The van der Waals surface area contributed by atoms with Crippen molar-refractivity contribution in [2.75, 3.05) is 6.54 Å². The van der Waals surface area contributed by atoms with Gasteiger partial charge in [0.2, 0.25) is 0 Å². The van der Waals surface area contributed by atoms with E-state index in [2.05, 4.69) is 5.32 Å². The summed E-state index contributed by atoms with van der Waals surface area (Å²) < 4.78 is 13.3. The lowest BCUT2D eigenvalue weighted by atomic mass is 10.1. The van der Waals surface area contributed by atoms with Crippen LogP contribution in [0.25, 0.3) is 0 Å². The maximum absolute atomic E-state index is 13.3. The van der Waals surface area contributed by atoms with E-state index in [0.717, 1.165) is 12.8 Å². The Morgan fingerprint density at radius 3 is 2.82 bits per heavy atom. The van der Waals surface area contributed by atoms with Gasteiger partial charge in [-0.1, -0.05) is 6.07 Å². The molecule has 0 aliphatic carbocycles. The summed E-state index contributed by atoms with van der Waals surface area (Å²) in [6.07, 6.45) is 1.69. The molecule has 0 aliphatic heterocycles. The molecule has 0 bridgehead atoms. The molecule has 0 spiro atoms. The normalized spacial score (nSPS) is 12.2. The third kappa shape index (κ3) is 4.15. The van der Waals surface area contributed by atoms with Gasteiger partial charge in [-0.3, -0.25) is 4.79 Å². The van der Waals surface area contributed by atoms with E-state index >= 15 is 0 Å². The van der Waals surface area contributed by atoms with E-state index in [4.69, 9.17) is 5.73 Å². The lowest BCUT2D eigenvalue weighted by Crippen LogP contribution is -2.32. The molecule has 1 unspecified atom stereocenters. The van der Waals surface area contributed by atoms with Crippen molar-refractivity contribution >= 4 is 5.91 Å². The first-order chi connectivity index (χ1) is 8.04. The molecule has 1 rings (SSSR count). The van der Waals surface area contributed by atoms with Gasteiger partial charge in [0.1, 0.15) is 5.82 Å². The number of amides is 1. The first-order valence-corrected chi connectivity index (χ1v) is 5.81. The topological polar surface area (TPSA) is 55.1 Å². The van der Waals surface area contributed by atoms with Gasteiger partial charge in [0, 0.05) is 11.6 Å². The van der Waals surface area contributed by atoms with Crippen LogP contribution in [0.4, 0.5) is 4.39 Å². The number of carbonyl (C=O) groups excluding carboxylic acids is 1. The van der Waals surface area contributed by atoms with Crippen LogP contribution >= 0.6 is 0 Å². The molecule has 0 aromatic heterocycles. The second-order valence-corrected chi connectivity index (χ2v) is 4.27. The number of rotatable bonds is 5. The predicted molar refractivity (Wildman–Crippen MR) is 66.4 cm³/mol. The van der Waals surface area contributed by atoms with Crippen molar-refractivity contribution in [2.24, 2.45) is 5.73 Å². The maximum Gasteiger partial charge on any atom is 0.251 e. The predicted octanol–water partition coefficient (Wildman–Crippen LogP) is 1.99. The van der Waals surface area contributed by atoms with E-state index < -0.39 is 0 Å². The summed E-state index contributed by atoms with van der Waals surface area (Å²) in [6.45, 7) is 4.19. The maximum atomic E-state index is 13.3. The lowest BCUT2D eigenvalue weighted by Gasteiger charge is -2.13. The average Bonchev–Trinajstić information content (AvgIpc) is 2.30. The van der Waals surface area contributed by atoms with Gasteiger partial charge in [-0.2, -0.15) is 0 Å². The summed E-state index contributed by atoms with van der Waals surface area (Å²) in [5, 5.41) is 2.82. The van der Waals surface area contributed by atoms with E-state index in [9.17, 15) is 9.18 Å². The molecule has 94 valence electrons. The molecule has 3 nitrogen and oxygen atoms in total. The van der Waals surface area contributed by atoms with Gasteiger partial charge in [0.25, 0.3) is 5.91 Å². The van der Waals surface area contributed by atoms with Crippen LogP contribution in [0.5, 0.6) is 0 Å². The van der Waals surface area contributed by atoms with Gasteiger partial charge >= 0.3 is 0 Å². The van der Waals surface area contributed by atoms with Gasteiger partial charge in [-0.25, -0.2) is 4.39 Å². The summed E-state index contributed by atoms with van der Waals surface area (Å²) in [7, 11) is 0. The Balaban J connectivity index is 2.60. The highest BCUT2D eigenvalue weighted by atomic mass is 19.1. The van der Waals surface area contributed by atoms with E-state index in [1.54, 1.807) is 19.1 Å². The zero-order chi connectivity index (χ0) is 12.8. The van der Waals surface area contributed by atoms with E-state index in [-0.39, 0.29) is 17.8 Å². The third-order valence-electron chi connectivity index (χ3n) is 2.65. The number of carbonyl (C=O) groups is 1. The molecule has 1 amide bonds. The minimum Gasteiger partial charge on any atom is -0.350 e. The van der Waals surface area contributed by atoms with Crippen LogP contribution in [0.15, 0.2) is 18.2 Å². The van der Waals surface area contributed by atoms with Crippen LogP contribution in [0.1, 0.15) is 35.7 Å². The van der Waals surface area contributed by atoms with Crippen LogP contribution in [-0.2, 0) is 0 Å². The fraction of sp³-hybridized carbons (Fsp3) is 0.462. The molecule has 0 fully saturated rings. The third-order valence-corrected chi connectivity index (χ3v) is 2.65. The Morgan fingerprint density at radius 2 is 2.24 bits per heavy atom. The number of halogens is 1. The molecule has 0 heterocycles. The van der Waals surface area contributed by atoms with Crippen molar-refractivity contribution in [3.8, 4) is 0 Å². The molecule has 3 N–H and O–H groups in total. The van der Waals surface area contributed by atoms with Crippen LogP contribution in [-0.4, -0.2) is 18.5 Å². The lowest BCUT2D eigenvalue weighted by molar-refractivity contribution is 0.0937. The summed E-state index contributed by atoms with van der Waals surface area (Å²) >= 11 is 0. The van der Waals surface area contributed by atoms with E-state index in [1.165, 1.54) is 6.07 Å². The van der Waals surface area contributed by atoms with Gasteiger partial charge in [0.15, 0.2) is 0 Å². The summed E-state index contributed by atoms with van der Waals surface area (Å²) in [4.78, 5) is 11.8. The summed E-state index contributed by atoms with van der Waals surface area (Å²) in [5.41, 5.74) is 6.29. The van der Waals surface area contributed by atoms with Gasteiger partial charge in [0.05, 0.1) is 0 Å². The highest BCUT2D eigenvalue weighted by Gasteiger charge is 2.10. The van der Waals surface area contributed by atoms with Crippen molar-refractivity contribution in [1.29, 1.82) is 0 Å². The van der Waals surface area contributed by atoms with Crippen molar-refractivity contribution in [2.45, 2.75) is 32.7 Å².